The molecule has 1 N–H and O–H groups in total. The summed E-state index contributed by atoms with van der Waals surface area (Å²) in [7, 11) is 4.00. The van der Waals surface area contributed by atoms with Crippen LogP contribution in [0.2, 0.25) is 0 Å². The first-order valence-corrected chi connectivity index (χ1v) is 5.56. The minimum absolute atomic E-state index is 0.837. The largest absolute Gasteiger partial charge is 0.366 e. The summed E-state index contributed by atoms with van der Waals surface area (Å²) in [5, 5.41) is 7.78. The second kappa shape index (κ2) is 4.43. The Labute approximate surface area is 95.9 Å². The normalized spacial score (nSPS) is 10.7. The zero-order valence-electron chi connectivity index (χ0n) is 10.1. The summed E-state index contributed by atoms with van der Waals surface area (Å²) in [6.45, 7) is 2.95. The number of hydrogen-bond acceptors (Lipinski definition) is 2. The van der Waals surface area contributed by atoms with E-state index in [2.05, 4.69) is 46.4 Å². The molecule has 0 amide bonds. The minimum atomic E-state index is 0.837. The highest BCUT2D eigenvalue weighted by Gasteiger charge is 2.03. The minimum Gasteiger partial charge on any atom is -0.366 e. The number of rotatable bonds is 4. The van der Waals surface area contributed by atoms with Gasteiger partial charge in [-0.15, -0.1) is 0 Å². The van der Waals surface area contributed by atoms with Crippen molar-refractivity contribution in [3.63, 3.8) is 0 Å². The lowest BCUT2D eigenvalue weighted by molar-refractivity contribution is 0.747. The molecule has 0 aliphatic rings. The third-order valence-corrected chi connectivity index (χ3v) is 2.66. The Hall–Kier alpha value is -1.71. The molecule has 16 heavy (non-hydrogen) atoms. The lowest BCUT2D eigenvalue weighted by Crippen LogP contribution is -2.03. The Morgan fingerprint density at radius 3 is 2.75 bits per heavy atom. The van der Waals surface area contributed by atoms with Gasteiger partial charge in [-0.25, -0.2) is 0 Å². The Bertz CT molecular complexity index is 467. The Morgan fingerprint density at radius 1 is 1.38 bits per heavy atom. The predicted molar refractivity (Wildman–Crippen MR) is 65.3 cm³/mol. The molecule has 0 aromatic carbocycles. The van der Waals surface area contributed by atoms with Crippen molar-refractivity contribution >= 4 is 5.82 Å². The van der Waals surface area contributed by atoms with Gasteiger partial charge in [0.15, 0.2) is 0 Å². The molecule has 0 atom stereocenters. The lowest BCUT2D eigenvalue weighted by Gasteiger charge is -2.04. The molecule has 0 spiro atoms. The first kappa shape index (κ1) is 10.8. The highest BCUT2D eigenvalue weighted by Crippen LogP contribution is 2.11. The molecular formula is C12H18N4. The van der Waals surface area contributed by atoms with Gasteiger partial charge in [-0.05, 0) is 18.1 Å². The van der Waals surface area contributed by atoms with Gasteiger partial charge >= 0.3 is 0 Å². The molecule has 2 heterocycles. The molecule has 0 aliphatic heterocycles. The molecule has 2 aromatic rings. The fraction of sp³-hybridized carbons (Fsp3) is 0.417. The van der Waals surface area contributed by atoms with Crippen molar-refractivity contribution in [1.29, 1.82) is 0 Å². The van der Waals surface area contributed by atoms with Gasteiger partial charge in [-0.2, -0.15) is 5.10 Å². The number of nitrogens with zero attached hydrogens (tertiary/aromatic N) is 3. The SMILES string of the molecule is CCc1cc(NCc2ccn(C)c2)n(C)n1. The standard InChI is InChI=1S/C12H18N4/c1-4-11-7-12(16(3)14-11)13-8-10-5-6-15(2)9-10/h5-7,9,13H,4,8H2,1-3H3. The average Bonchev–Trinajstić information content (AvgIpc) is 2.82. The number of nitrogens with one attached hydrogen (secondary N) is 1. The van der Waals surface area contributed by atoms with E-state index >= 15 is 0 Å². The fourth-order valence-corrected chi connectivity index (χ4v) is 1.72. The molecule has 0 radical (unpaired) electrons. The summed E-state index contributed by atoms with van der Waals surface area (Å²) < 4.78 is 3.94. The van der Waals surface area contributed by atoms with Crippen LogP contribution < -0.4 is 5.32 Å². The van der Waals surface area contributed by atoms with Crippen LogP contribution in [0, 0.1) is 0 Å². The molecule has 0 fully saturated rings. The van der Waals surface area contributed by atoms with E-state index in [1.165, 1.54) is 5.56 Å². The average molecular weight is 218 g/mol. The van der Waals surface area contributed by atoms with Crippen LogP contribution in [0.15, 0.2) is 24.5 Å². The Balaban J connectivity index is 2.01. The maximum absolute atomic E-state index is 4.40. The van der Waals surface area contributed by atoms with Crippen molar-refractivity contribution in [2.24, 2.45) is 14.1 Å². The van der Waals surface area contributed by atoms with Gasteiger partial charge in [0, 0.05) is 39.1 Å². The second-order valence-electron chi connectivity index (χ2n) is 4.04. The Kier molecular flexibility index (Phi) is 2.99. The summed E-state index contributed by atoms with van der Waals surface area (Å²) in [6.07, 6.45) is 5.14. The molecule has 0 aliphatic carbocycles. The van der Waals surface area contributed by atoms with E-state index in [4.69, 9.17) is 0 Å². The third kappa shape index (κ3) is 2.27. The van der Waals surface area contributed by atoms with Gasteiger partial charge in [-0.3, -0.25) is 4.68 Å². The van der Waals surface area contributed by atoms with Crippen molar-refractivity contribution in [2.75, 3.05) is 5.32 Å². The molecule has 2 rings (SSSR count). The summed E-state index contributed by atoms with van der Waals surface area (Å²) in [4.78, 5) is 0. The van der Waals surface area contributed by atoms with Gasteiger partial charge in [0.2, 0.25) is 0 Å². The zero-order chi connectivity index (χ0) is 11.5. The first-order chi connectivity index (χ1) is 7.69. The molecular weight excluding hydrogens is 200 g/mol. The highest BCUT2D eigenvalue weighted by atomic mass is 15.3. The zero-order valence-corrected chi connectivity index (χ0v) is 10.1. The molecule has 0 bridgehead atoms. The van der Waals surface area contributed by atoms with Crippen LogP contribution in [-0.4, -0.2) is 14.3 Å². The summed E-state index contributed by atoms with van der Waals surface area (Å²) in [5.74, 6) is 1.07. The summed E-state index contributed by atoms with van der Waals surface area (Å²) in [6, 6.07) is 4.22. The van der Waals surface area contributed by atoms with E-state index in [0.29, 0.717) is 0 Å². The molecule has 4 nitrogen and oxygen atoms in total. The fourth-order valence-electron chi connectivity index (χ4n) is 1.72. The van der Waals surface area contributed by atoms with Gasteiger partial charge in [0.05, 0.1) is 5.69 Å². The smallest absolute Gasteiger partial charge is 0.124 e. The monoisotopic (exact) mass is 218 g/mol. The molecule has 0 saturated heterocycles. The van der Waals surface area contributed by atoms with Crippen LogP contribution in [0.4, 0.5) is 5.82 Å². The van der Waals surface area contributed by atoms with Crippen LogP contribution in [-0.2, 0) is 27.1 Å². The number of hydrogen-bond donors (Lipinski definition) is 1. The lowest BCUT2D eigenvalue weighted by atomic mass is 10.3. The van der Waals surface area contributed by atoms with E-state index in [1.54, 1.807) is 0 Å². The van der Waals surface area contributed by atoms with Gasteiger partial charge in [0.25, 0.3) is 0 Å². The molecule has 86 valence electrons. The summed E-state index contributed by atoms with van der Waals surface area (Å²) >= 11 is 0. The van der Waals surface area contributed by atoms with Crippen molar-refractivity contribution in [2.45, 2.75) is 19.9 Å². The van der Waals surface area contributed by atoms with Crippen molar-refractivity contribution in [3.8, 4) is 0 Å². The highest BCUT2D eigenvalue weighted by molar-refractivity contribution is 5.37. The van der Waals surface area contributed by atoms with E-state index in [9.17, 15) is 0 Å². The predicted octanol–water partition coefficient (Wildman–Crippen LogP) is 1.93. The molecule has 0 saturated carbocycles. The van der Waals surface area contributed by atoms with E-state index in [1.807, 2.05) is 18.8 Å². The van der Waals surface area contributed by atoms with E-state index in [0.717, 1.165) is 24.5 Å². The van der Waals surface area contributed by atoms with Gasteiger partial charge in [-0.1, -0.05) is 6.92 Å². The van der Waals surface area contributed by atoms with Crippen LogP contribution >= 0.6 is 0 Å². The number of aryl methyl sites for hydroxylation is 3. The molecule has 0 unspecified atom stereocenters. The van der Waals surface area contributed by atoms with E-state index in [-0.39, 0.29) is 0 Å². The van der Waals surface area contributed by atoms with Crippen LogP contribution in [0.1, 0.15) is 18.2 Å². The van der Waals surface area contributed by atoms with Crippen LogP contribution in [0.25, 0.3) is 0 Å². The van der Waals surface area contributed by atoms with Crippen molar-refractivity contribution < 1.29 is 0 Å². The Morgan fingerprint density at radius 2 is 2.19 bits per heavy atom. The summed E-state index contributed by atoms with van der Waals surface area (Å²) in [5.41, 5.74) is 2.40. The van der Waals surface area contributed by atoms with Crippen LogP contribution in [0.5, 0.6) is 0 Å². The first-order valence-electron chi connectivity index (χ1n) is 5.56. The van der Waals surface area contributed by atoms with E-state index < -0.39 is 0 Å². The van der Waals surface area contributed by atoms with Gasteiger partial charge < -0.3 is 9.88 Å². The number of aromatic nitrogens is 3. The van der Waals surface area contributed by atoms with Crippen LogP contribution in [0.3, 0.4) is 0 Å². The maximum Gasteiger partial charge on any atom is 0.124 e. The third-order valence-electron chi connectivity index (χ3n) is 2.66. The molecule has 4 heteroatoms. The number of anilines is 1. The maximum atomic E-state index is 4.40. The van der Waals surface area contributed by atoms with Crippen molar-refractivity contribution in [1.82, 2.24) is 14.3 Å². The molecule has 2 aromatic heterocycles. The van der Waals surface area contributed by atoms with Crippen molar-refractivity contribution in [3.05, 3.63) is 35.8 Å². The quantitative estimate of drug-likeness (QED) is 0.851. The second-order valence-corrected chi connectivity index (χ2v) is 4.04. The van der Waals surface area contributed by atoms with Gasteiger partial charge in [0.1, 0.15) is 5.82 Å². The topological polar surface area (TPSA) is 34.8 Å².